The van der Waals surface area contributed by atoms with Crippen molar-refractivity contribution in [3.8, 4) is 5.75 Å². The average molecular weight is 373 g/mol. The zero-order valence-corrected chi connectivity index (χ0v) is 14.1. The Morgan fingerprint density at radius 1 is 1.22 bits per heavy atom. The number of carboxylic acid groups (broad SMARTS) is 1. The molecule has 0 bridgehead atoms. The van der Waals surface area contributed by atoms with Crippen molar-refractivity contribution in [1.82, 2.24) is 15.0 Å². The third-order valence-corrected chi connectivity index (χ3v) is 4.80. The third kappa shape index (κ3) is 2.95. The molecule has 3 N–H and O–H groups in total. The summed E-state index contributed by atoms with van der Waals surface area (Å²) in [5.74, 6) is -3.28. The quantitative estimate of drug-likeness (QED) is 0.748. The summed E-state index contributed by atoms with van der Waals surface area (Å²) in [6.07, 6.45) is 2.36. The van der Waals surface area contributed by atoms with Crippen LogP contribution in [0.5, 0.6) is 5.75 Å². The van der Waals surface area contributed by atoms with Crippen LogP contribution in [0, 0.1) is 11.7 Å². The number of pyridine rings is 1. The van der Waals surface area contributed by atoms with Crippen LogP contribution in [-0.4, -0.2) is 31.7 Å². The van der Waals surface area contributed by atoms with Gasteiger partial charge in [-0.25, -0.2) is 14.6 Å². The summed E-state index contributed by atoms with van der Waals surface area (Å²) in [6.45, 7) is 0.0939. The number of carbonyl (C=O) groups excluding carboxylic acids is 1. The van der Waals surface area contributed by atoms with Gasteiger partial charge in [-0.15, -0.1) is 0 Å². The molecule has 27 heavy (non-hydrogen) atoms. The van der Waals surface area contributed by atoms with Crippen molar-refractivity contribution in [3.63, 3.8) is 0 Å². The predicted molar refractivity (Wildman–Crippen MR) is 90.5 cm³/mol. The van der Waals surface area contributed by atoms with Gasteiger partial charge in [0.1, 0.15) is 17.5 Å². The first-order valence-corrected chi connectivity index (χ1v) is 8.40. The summed E-state index contributed by atoms with van der Waals surface area (Å²) in [5.41, 5.74) is 1.76. The van der Waals surface area contributed by atoms with Gasteiger partial charge < -0.3 is 14.8 Å². The molecule has 1 aliphatic carbocycles. The minimum Gasteiger partial charge on any atom is -0.503 e. The number of fused-ring (bicyclic) bond motifs is 1. The van der Waals surface area contributed by atoms with Gasteiger partial charge in [-0.05, 0) is 36.5 Å². The lowest BCUT2D eigenvalue weighted by molar-refractivity contribution is 0.0399. The maximum Gasteiger partial charge on any atom is 0.341 e. The molecule has 1 fully saturated rings. The number of carboxylic acids is 1. The lowest BCUT2D eigenvalue weighted by Crippen LogP contribution is -2.53. The van der Waals surface area contributed by atoms with Crippen molar-refractivity contribution < 1.29 is 24.2 Å². The summed E-state index contributed by atoms with van der Waals surface area (Å²) >= 11 is 0. The van der Waals surface area contributed by atoms with E-state index in [9.17, 15) is 29.0 Å². The summed E-state index contributed by atoms with van der Waals surface area (Å²) in [6, 6.07) is 5.62. The Bertz CT molecular complexity index is 997. The van der Waals surface area contributed by atoms with Crippen LogP contribution in [-0.2, 0) is 6.54 Å². The zero-order chi connectivity index (χ0) is 19.3. The van der Waals surface area contributed by atoms with E-state index in [-0.39, 0.29) is 18.2 Å². The Balaban J connectivity index is 1.78. The number of carbonyl (C=O) groups is 2. The average Bonchev–Trinajstić information content (AvgIpc) is 3.46. The van der Waals surface area contributed by atoms with Crippen LogP contribution in [0.4, 0.5) is 4.39 Å². The first kappa shape index (κ1) is 17.2. The molecule has 0 radical (unpaired) electrons. The van der Waals surface area contributed by atoms with Gasteiger partial charge in [0.2, 0.25) is 5.43 Å². The molecule has 1 aromatic carbocycles. The Morgan fingerprint density at radius 2 is 1.89 bits per heavy atom. The molecular formula is C18H16FN3O5. The lowest BCUT2D eigenvalue weighted by atomic mass is 10.1. The molecule has 140 valence electrons. The molecule has 1 amide bonds. The van der Waals surface area contributed by atoms with Crippen LogP contribution in [0.2, 0.25) is 0 Å². The van der Waals surface area contributed by atoms with E-state index in [1.807, 2.05) is 0 Å². The minimum atomic E-state index is -1.47. The van der Waals surface area contributed by atoms with E-state index in [0.717, 1.165) is 19.0 Å². The number of aromatic hydroxyl groups is 1. The Kier molecular flexibility index (Phi) is 3.96. The number of aromatic carboxylic acids is 1. The molecule has 1 saturated carbocycles. The highest BCUT2D eigenvalue weighted by Gasteiger charge is 2.42. The minimum absolute atomic E-state index is 0.0939. The van der Waals surface area contributed by atoms with E-state index in [1.165, 1.54) is 33.8 Å². The second-order valence-corrected chi connectivity index (χ2v) is 6.71. The van der Waals surface area contributed by atoms with Gasteiger partial charge in [0.15, 0.2) is 11.4 Å². The number of amides is 1. The Labute approximate surface area is 152 Å². The van der Waals surface area contributed by atoms with Crippen molar-refractivity contribution >= 4 is 11.9 Å². The predicted octanol–water partition coefficient (Wildman–Crippen LogP) is 1.46. The van der Waals surface area contributed by atoms with Crippen molar-refractivity contribution in [2.45, 2.75) is 25.6 Å². The number of aromatic nitrogens is 1. The van der Waals surface area contributed by atoms with Crippen LogP contribution in [0.25, 0.3) is 0 Å². The number of halogens is 1. The molecule has 1 aliphatic heterocycles. The number of hydrogen-bond acceptors (Lipinski definition) is 5. The van der Waals surface area contributed by atoms with Gasteiger partial charge in [0, 0.05) is 6.20 Å². The summed E-state index contributed by atoms with van der Waals surface area (Å²) in [7, 11) is 0. The molecule has 1 aromatic heterocycles. The highest BCUT2D eigenvalue weighted by atomic mass is 19.1. The molecular weight excluding hydrogens is 357 g/mol. The maximum absolute atomic E-state index is 13.1. The van der Waals surface area contributed by atoms with Gasteiger partial charge in [-0.3, -0.25) is 14.6 Å². The van der Waals surface area contributed by atoms with Crippen molar-refractivity contribution in [2.75, 3.05) is 0 Å². The van der Waals surface area contributed by atoms with Crippen LogP contribution < -0.4 is 10.9 Å². The molecule has 1 unspecified atom stereocenters. The molecule has 0 spiro atoms. The second-order valence-electron chi connectivity index (χ2n) is 6.71. The zero-order valence-electron chi connectivity index (χ0n) is 14.1. The fraction of sp³-hybridized carbons (Fsp3) is 0.278. The third-order valence-electron chi connectivity index (χ3n) is 4.80. The van der Waals surface area contributed by atoms with Gasteiger partial charge in [0.25, 0.3) is 5.91 Å². The van der Waals surface area contributed by atoms with E-state index in [0.29, 0.717) is 5.56 Å². The SMILES string of the molecule is O=C(O)c1cn2c(c(O)c1=O)C(=O)N(Cc1ccc(F)cc1)NC2C1CC1. The van der Waals surface area contributed by atoms with Gasteiger partial charge in [-0.1, -0.05) is 12.1 Å². The van der Waals surface area contributed by atoms with Crippen LogP contribution in [0.3, 0.4) is 0 Å². The monoisotopic (exact) mass is 373 g/mol. The van der Waals surface area contributed by atoms with Gasteiger partial charge >= 0.3 is 5.97 Å². The summed E-state index contributed by atoms with van der Waals surface area (Å²) in [4.78, 5) is 36.3. The van der Waals surface area contributed by atoms with Crippen LogP contribution >= 0.6 is 0 Å². The van der Waals surface area contributed by atoms with Crippen LogP contribution in [0.15, 0.2) is 35.3 Å². The number of nitrogens with one attached hydrogen (secondary N) is 1. The van der Waals surface area contributed by atoms with E-state index in [1.54, 1.807) is 0 Å². The van der Waals surface area contributed by atoms with Gasteiger partial charge in [0.05, 0.1) is 6.54 Å². The fourth-order valence-electron chi connectivity index (χ4n) is 3.25. The topological polar surface area (TPSA) is 112 Å². The molecule has 0 saturated heterocycles. The molecule has 1 atom stereocenters. The molecule has 2 heterocycles. The molecule has 4 rings (SSSR count). The first-order chi connectivity index (χ1) is 12.9. The normalized spacial score (nSPS) is 19.1. The van der Waals surface area contributed by atoms with Crippen molar-refractivity contribution in [2.24, 2.45) is 5.92 Å². The fourth-order valence-corrected chi connectivity index (χ4v) is 3.25. The summed E-state index contributed by atoms with van der Waals surface area (Å²) < 4.78 is 14.4. The Hall–Kier alpha value is -3.20. The van der Waals surface area contributed by atoms with Crippen LogP contribution in [0.1, 0.15) is 45.4 Å². The first-order valence-electron chi connectivity index (χ1n) is 8.40. The number of hydrogen-bond donors (Lipinski definition) is 3. The van der Waals surface area contributed by atoms with E-state index < -0.39 is 40.6 Å². The largest absolute Gasteiger partial charge is 0.503 e. The van der Waals surface area contributed by atoms with E-state index >= 15 is 0 Å². The molecule has 8 nitrogen and oxygen atoms in total. The van der Waals surface area contributed by atoms with E-state index in [4.69, 9.17) is 0 Å². The Morgan fingerprint density at radius 3 is 2.48 bits per heavy atom. The lowest BCUT2D eigenvalue weighted by Gasteiger charge is -2.37. The number of hydrazine groups is 1. The maximum atomic E-state index is 13.1. The van der Waals surface area contributed by atoms with Crippen molar-refractivity contribution in [1.29, 1.82) is 0 Å². The number of nitrogens with zero attached hydrogens (tertiary/aromatic N) is 2. The smallest absolute Gasteiger partial charge is 0.341 e. The summed E-state index contributed by atoms with van der Waals surface area (Å²) in [5, 5.41) is 20.7. The second kappa shape index (κ2) is 6.20. The van der Waals surface area contributed by atoms with Gasteiger partial charge in [-0.2, -0.15) is 0 Å². The number of benzene rings is 1. The van der Waals surface area contributed by atoms with E-state index in [2.05, 4.69) is 5.43 Å². The number of rotatable bonds is 4. The molecule has 2 aliphatic rings. The standard InChI is InChI=1S/C18H16FN3O5/c19-11-5-1-9(2-6-11)7-22-17(25)13-15(24)14(23)12(18(26)27)8-21(13)16(20-22)10-3-4-10/h1-2,5-6,8,10,16,20,24H,3-4,7H2,(H,26,27). The molecule has 9 heteroatoms. The highest BCUT2D eigenvalue weighted by Crippen LogP contribution is 2.41. The van der Waals surface area contributed by atoms with Crippen molar-refractivity contribution in [3.05, 3.63) is 63.3 Å². The molecule has 2 aromatic rings. The highest BCUT2D eigenvalue weighted by molar-refractivity contribution is 5.97.